The lowest BCUT2D eigenvalue weighted by atomic mass is 9.79. The van der Waals surface area contributed by atoms with E-state index in [1.54, 1.807) is 0 Å². The molecule has 0 aromatic heterocycles. The number of amides is 1. The molecule has 1 rings (SSSR count). The highest BCUT2D eigenvalue weighted by atomic mass is 16.1. The third-order valence-electron chi connectivity index (χ3n) is 4.36. The van der Waals surface area contributed by atoms with Crippen LogP contribution in [0.3, 0.4) is 0 Å². The van der Waals surface area contributed by atoms with Gasteiger partial charge >= 0.3 is 0 Å². The quantitative estimate of drug-likeness (QED) is 0.710. The second-order valence-electron chi connectivity index (χ2n) is 6.27. The van der Waals surface area contributed by atoms with Crippen LogP contribution in [0.5, 0.6) is 0 Å². The van der Waals surface area contributed by atoms with Gasteiger partial charge in [0.1, 0.15) is 0 Å². The molecule has 112 valence electrons. The molecule has 0 aliphatic heterocycles. The van der Waals surface area contributed by atoms with Gasteiger partial charge in [0, 0.05) is 12.5 Å². The topological polar surface area (TPSA) is 41.1 Å². The highest BCUT2D eigenvalue weighted by Crippen LogP contribution is 2.31. The van der Waals surface area contributed by atoms with Crippen molar-refractivity contribution < 1.29 is 4.79 Å². The van der Waals surface area contributed by atoms with E-state index in [4.69, 9.17) is 0 Å². The van der Waals surface area contributed by atoms with E-state index in [1.807, 2.05) is 7.05 Å². The van der Waals surface area contributed by atoms with Crippen LogP contribution in [0.1, 0.15) is 58.8 Å². The number of rotatable bonds is 8. The number of carbonyl (C=O) groups excluding carboxylic acids is 1. The Morgan fingerprint density at radius 2 is 1.89 bits per heavy atom. The van der Waals surface area contributed by atoms with Crippen molar-refractivity contribution in [1.82, 2.24) is 10.6 Å². The smallest absolute Gasteiger partial charge is 0.223 e. The van der Waals surface area contributed by atoms with Crippen LogP contribution in [0.4, 0.5) is 0 Å². The Kier molecular flexibility index (Phi) is 8.11. The summed E-state index contributed by atoms with van der Waals surface area (Å²) >= 11 is 0. The van der Waals surface area contributed by atoms with E-state index in [0.29, 0.717) is 5.92 Å². The molecule has 1 aliphatic rings. The number of hydrogen-bond acceptors (Lipinski definition) is 2. The molecular formula is C16H32N2O. The first-order valence-electron chi connectivity index (χ1n) is 8.09. The van der Waals surface area contributed by atoms with Crippen molar-refractivity contribution in [1.29, 1.82) is 0 Å². The fourth-order valence-corrected chi connectivity index (χ4v) is 3.05. The molecule has 0 spiro atoms. The molecule has 1 amide bonds. The van der Waals surface area contributed by atoms with Crippen LogP contribution in [-0.2, 0) is 4.79 Å². The van der Waals surface area contributed by atoms with Crippen molar-refractivity contribution in [3.63, 3.8) is 0 Å². The van der Waals surface area contributed by atoms with Crippen molar-refractivity contribution >= 4 is 5.91 Å². The summed E-state index contributed by atoms with van der Waals surface area (Å²) in [5, 5.41) is 6.26. The van der Waals surface area contributed by atoms with Crippen LogP contribution in [0.15, 0.2) is 0 Å². The van der Waals surface area contributed by atoms with Gasteiger partial charge in [-0.15, -0.1) is 0 Å². The molecule has 2 N–H and O–H groups in total. The molecule has 3 heteroatoms. The number of nitrogens with one attached hydrogen (secondary N) is 2. The van der Waals surface area contributed by atoms with Gasteiger partial charge in [0.05, 0.1) is 0 Å². The van der Waals surface area contributed by atoms with E-state index in [2.05, 4.69) is 24.5 Å². The first-order chi connectivity index (χ1) is 9.17. The largest absolute Gasteiger partial charge is 0.356 e. The summed E-state index contributed by atoms with van der Waals surface area (Å²) in [5.74, 6) is 1.96. The molecule has 0 aromatic carbocycles. The molecule has 1 unspecified atom stereocenters. The third-order valence-corrected chi connectivity index (χ3v) is 4.36. The van der Waals surface area contributed by atoms with Crippen molar-refractivity contribution in [2.75, 3.05) is 20.1 Å². The summed E-state index contributed by atoms with van der Waals surface area (Å²) in [6.45, 7) is 6.18. The summed E-state index contributed by atoms with van der Waals surface area (Å²) in [6.07, 6.45) is 8.71. The predicted molar refractivity (Wildman–Crippen MR) is 81.1 cm³/mol. The van der Waals surface area contributed by atoms with Gasteiger partial charge in [0.2, 0.25) is 5.91 Å². The van der Waals surface area contributed by atoms with Gasteiger partial charge in [-0.1, -0.05) is 33.1 Å². The minimum atomic E-state index is 0.277. The van der Waals surface area contributed by atoms with Gasteiger partial charge in [-0.3, -0.25) is 4.79 Å². The zero-order chi connectivity index (χ0) is 14.1. The summed E-state index contributed by atoms with van der Waals surface area (Å²) in [7, 11) is 1.95. The fraction of sp³-hybridized carbons (Fsp3) is 0.938. The lowest BCUT2D eigenvalue weighted by Crippen LogP contribution is -2.37. The standard InChI is InChI=1S/C16H32N2O/c1-4-5-6-14-7-9-15(10-8-14)16(19)18-12-13(2)11-17-3/h13-15,17H,4-12H2,1-3H3,(H,18,19). The van der Waals surface area contributed by atoms with Crippen LogP contribution in [0.2, 0.25) is 0 Å². The Morgan fingerprint density at radius 1 is 1.21 bits per heavy atom. The molecule has 0 radical (unpaired) electrons. The van der Waals surface area contributed by atoms with Gasteiger partial charge in [0.15, 0.2) is 0 Å². The Labute approximate surface area is 118 Å². The Balaban J connectivity index is 2.17. The zero-order valence-corrected chi connectivity index (χ0v) is 13.0. The summed E-state index contributed by atoms with van der Waals surface area (Å²) in [5.41, 5.74) is 0. The van der Waals surface area contributed by atoms with E-state index >= 15 is 0 Å². The second kappa shape index (κ2) is 9.35. The molecular weight excluding hydrogens is 236 g/mol. The fourth-order valence-electron chi connectivity index (χ4n) is 3.05. The first-order valence-corrected chi connectivity index (χ1v) is 8.09. The maximum Gasteiger partial charge on any atom is 0.223 e. The molecule has 0 saturated heterocycles. The van der Waals surface area contributed by atoms with Gasteiger partial charge in [-0.25, -0.2) is 0 Å². The monoisotopic (exact) mass is 268 g/mol. The normalized spacial score (nSPS) is 25.0. The molecule has 19 heavy (non-hydrogen) atoms. The van der Waals surface area contributed by atoms with E-state index in [-0.39, 0.29) is 11.8 Å². The second-order valence-corrected chi connectivity index (χ2v) is 6.27. The lowest BCUT2D eigenvalue weighted by Gasteiger charge is -2.28. The first kappa shape index (κ1) is 16.5. The predicted octanol–water partition coefficient (Wildman–Crippen LogP) is 2.95. The van der Waals surface area contributed by atoms with Crippen LogP contribution in [0, 0.1) is 17.8 Å². The summed E-state index contributed by atoms with van der Waals surface area (Å²) in [4.78, 5) is 12.1. The Hall–Kier alpha value is -0.570. The molecule has 1 saturated carbocycles. The molecule has 0 aromatic rings. The molecule has 1 fully saturated rings. The molecule has 0 heterocycles. The maximum atomic E-state index is 12.1. The number of unbranched alkanes of at least 4 members (excludes halogenated alkanes) is 1. The minimum absolute atomic E-state index is 0.277. The SMILES string of the molecule is CCCCC1CCC(C(=O)NCC(C)CNC)CC1. The van der Waals surface area contributed by atoms with Crippen LogP contribution in [0.25, 0.3) is 0 Å². The minimum Gasteiger partial charge on any atom is -0.356 e. The third kappa shape index (κ3) is 6.42. The molecule has 1 aliphatic carbocycles. The average molecular weight is 268 g/mol. The highest BCUT2D eigenvalue weighted by molar-refractivity contribution is 5.78. The van der Waals surface area contributed by atoms with E-state index in [9.17, 15) is 4.79 Å². The van der Waals surface area contributed by atoms with Crippen molar-refractivity contribution in [3.8, 4) is 0 Å². The molecule has 0 bridgehead atoms. The lowest BCUT2D eigenvalue weighted by molar-refractivity contribution is -0.126. The summed E-state index contributed by atoms with van der Waals surface area (Å²) in [6, 6.07) is 0. The van der Waals surface area contributed by atoms with Crippen LogP contribution in [-0.4, -0.2) is 26.0 Å². The van der Waals surface area contributed by atoms with Crippen LogP contribution >= 0.6 is 0 Å². The Bertz CT molecular complexity index is 247. The van der Waals surface area contributed by atoms with Crippen molar-refractivity contribution in [3.05, 3.63) is 0 Å². The van der Waals surface area contributed by atoms with E-state index < -0.39 is 0 Å². The van der Waals surface area contributed by atoms with Crippen molar-refractivity contribution in [2.24, 2.45) is 17.8 Å². The number of hydrogen-bond donors (Lipinski definition) is 2. The highest BCUT2D eigenvalue weighted by Gasteiger charge is 2.25. The number of carbonyl (C=O) groups is 1. The summed E-state index contributed by atoms with van der Waals surface area (Å²) < 4.78 is 0. The molecule has 3 nitrogen and oxygen atoms in total. The van der Waals surface area contributed by atoms with Crippen LogP contribution < -0.4 is 10.6 Å². The van der Waals surface area contributed by atoms with E-state index in [1.165, 1.54) is 32.1 Å². The Morgan fingerprint density at radius 3 is 2.47 bits per heavy atom. The molecule has 1 atom stereocenters. The van der Waals surface area contributed by atoms with Gasteiger partial charge in [-0.2, -0.15) is 0 Å². The van der Waals surface area contributed by atoms with Gasteiger partial charge in [0.25, 0.3) is 0 Å². The van der Waals surface area contributed by atoms with E-state index in [0.717, 1.165) is 31.8 Å². The van der Waals surface area contributed by atoms with Gasteiger partial charge in [-0.05, 0) is 51.1 Å². The maximum absolute atomic E-state index is 12.1. The van der Waals surface area contributed by atoms with Gasteiger partial charge < -0.3 is 10.6 Å². The van der Waals surface area contributed by atoms with Crippen molar-refractivity contribution in [2.45, 2.75) is 58.8 Å². The average Bonchev–Trinajstić information content (AvgIpc) is 2.43. The zero-order valence-electron chi connectivity index (χ0n) is 13.0.